The first kappa shape index (κ1) is 14.9. The van der Waals surface area contributed by atoms with Crippen molar-refractivity contribution in [2.75, 3.05) is 0 Å². The number of aromatic carboxylic acids is 1. The van der Waals surface area contributed by atoms with E-state index in [0.29, 0.717) is 0 Å². The van der Waals surface area contributed by atoms with Gasteiger partial charge in [-0.05, 0) is 12.1 Å². The van der Waals surface area contributed by atoms with Crippen molar-refractivity contribution in [1.29, 1.82) is 0 Å². The molecule has 1 aromatic carbocycles. The van der Waals surface area contributed by atoms with E-state index in [9.17, 15) is 31.5 Å². The average Bonchev–Trinajstić information content (AvgIpc) is 2.32. The van der Waals surface area contributed by atoms with Crippen molar-refractivity contribution >= 4 is 16.9 Å². The number of halogens is 5. The zero-order valence-electron chi connectivity index (χ0n) is 10.0. The van der Waals surface area contributed by atoms with E-state index < -0.39 is 52.4 Å². The van der Waals surface area contributed by atoms with Gasteiger partial charge in [0.1, 0.15) is 12.4 Å². The van der Waals surface area contributed by atoms with Crippen molar-refractivity contribution in [3.8, 4) is 0 Å². The molecule has 0 atom stereocenters. The molecule has 0 saturated heterocycles. The van der Waals surface area contributed by atoms with E-state index in [-0.39, 0.29) is 4.57 Å². The third-order valence-corrected chi connectivity index (χ3v) is 2.73. The summed E-state index contributed by atoms with van der Waals surface area (Å²) < 4.78 is 64.9. The minimum absolute atomic E-state index is 0.0801. The Labute approximate surface area is 113 Å². The largest absolute Gasteiger partial charge is 0.477 e. The molecule has 0 aliphatic heterocycles. The standard InChI is InChI=1S/C12H6F5NO3/c13-5-2-1-3-6-7(5)9(19)8(11(20)21)10(14)18(6)4-12(15,16)17/h1-3H,4H2,(H,20,21). The van der Waals surface area contributed by atoms with Gasteiger partial charge in [0.2, 0.25) is 11.4 Å². The van der Waals surface area contributed by atoms with Crippen LogP contribution in [-0.4, -0.2) is 21.8 Å². The first-order valence-corrected chi connectivity index (χ1v) is 5.44. The van der Waals surface area contributed by atoms with Gasteiger partial charge in [0.15, 0.2) is 5.56 Å². The second-order valence-electron chi connectivity index (χ2n) is 4.14. The molecule has 0 bridgehead atoms. The van der Waals surface area contributed by atoms with E-state index in [1.165, 1.54) is 0 Å². The molecule has 0 aliphatic rings. The lowest BCUT2D eigenvalue weighted by molar-refractivity contribution is -0.141. The van der Waals surface area contributed by atoms with Crippen LogP contribution in [-0.2, 0) is 6.54 Å². The fourth-order valence-electron chi connectivity index (χ4n) is 1.94. The number of fused-ring (bicyclic) bond motifs is 1. The zero-order chi connectivity index (χ0) is 15.9. The molecule has 21 heavy (non-hydrogen) atoms. The van der Waals surface area contributed by atoms with Crippen molar-refractivity contribution in [3.05, 3.63) is 45.8 Å². The molecule has 1 aromatic heterocycles. The van der Waals surface area contributed by atoms with Crippen molar-refractivity contribution in [1.82, 2.24) is 4.57 Å². The van der Waals surface area contributed by atoms with Gasteiger partial charge in [-0.25, -0.2) is 9.18 Å². The molecule has 2 aromatic rings. The van der Waals surface area contributed by atoms with Crippen molar-refractivity contribution in [2.45, 2.75) is 12.7 Å². The van der Waals surface area contributed by atoms with Crippen LogP contribution < -0.4 is 5.43 Å². The molecule has 0 saturated carbocycles. The van der Waals surface area contributed by atoms with Crippen LogP contribution in [0.1, 0.15) is 10.4 Å². The SMILES string of the molecule is O=C(O)c1c(F)n(CC(F)(F)F)c2cccc(F)c2c1=O. The summed E-state index contributed by atoms with van der Waals surface area (Å²) in [6.07, 6.45) is -4.88. The van der Waals surface area contributed by atoms with Gasteiger partial charge in [0, 0.05) is 0 Å². The second-order valence-corrected chi connectivity index (χ2v) is 4.14. The van der Waals surface area contributed by atoms with Crippen molar-refractivity contribution < 1.29 is 31.9 Å². The lowest BCUT2D eigenvalue weighted by Gasteiger charge is -2.16. The Kier molecular flexibility index (Phi) is 3.44. The number of benzene rings is 1. The molecule has 0 radical (unpaired) electrons. The lowest BCUT2D eigenvalue weighted by Crippen LogP contribution is -2.28. The maximum Gasteiger partial charge on any atom is 0.406 e. The van der Waals surface area contributed by atoms with E-state index in [2.05, 4.69) is 0 Å². The van der Waals surface area contributed by atoms with Crippen LogP contribution in [0.4, 0.5) is 22.0 Å². The Morgan fingerprint density at radius 3 is 2.38 bits per heavy atom. The molecule has 4 nitrogen and oxygen atoms in total. The van der Waals surface area contributed by atoms with Crippen LogP contribution in [0, 0.1) is 11.8 Å². The number of carboxylic acids is 1. The molecule has 9 heteroatoms. The van der Waals surface area contributed by atoms with Crippen molar-refractivity contribution in [3.63, 3.8) is 0 Å². The Morgan fingerprint density at radius 1 is 1.24 bits per heavy atom. The molecule has 2 rings (SSSR count). The van der Waals surface area contributed by atoms with Gasteiger partial charge in [-0.1, -0.05) is 6.07 Å². The summed E-state index contributed by atoms with van der Waals surface area (Å²) >= 11 is 0. The molecule has 0 aliphatic carbocycles. The summed E-state index contributed by atoms with van der Waals surface area (Å²) in [5.41, 5.74) is -3.71. The number of carboxylic acid groups (broad SMARTS) is 1. The fraction of sp³-hybridized carbons (Fsp3) is 0.167. The quantitative estimate of drug-likeness (QED) is 0.685. The van der Waals surface area contributed by atoms with Gasteiger partial charge in [-0.2, -0.15) is 17.6 Å². The van der Waals surface area contributed by atoms with Crippen LogP contribution in [0.25, 0.3) is 10.9 Å². The third kappa shape index (κ3) is 2.58. The monoisotopic (exact) mass is 307 g/mol. The third-order valence-electron chi connectivity index (χ3n) is 2.73. The predicted molar refractivity (Wildman–Crippen MR) is 61.1 cm³/mol. The molecule has 0 spiro atoms. The minimum atomic E-state index is -4.88. The van der Waals surface area contributed by atoms with Gasteiger partial charge < -0.3 is 9.67 Å². The highest BCUT2D eigenvalue weighted by atomic mass is 19.4. The highest BCUT2D eigenvalue weighted by Gasteiger charge is 2.32. The fourth-order valence-corrected chi connectivity index (χ4v) is 1.94. The van der Waals surface area contributed by atoms with E-state index in [1.54, 1.807) is 0 Å². The number of hydrogen-bond acceptors (Lipinski definition) is 2. The van der Waals surface area contributed by atoms with Crippen LogP contribution in [0.5, 0.6) is 0 Å². The number of alkyl halides is 3. The molecule has 1 N–H and O–H groups in total. The number of nitrogens with zero attached hydrogens (tertiary/aromatic N) is 1. The summed E-state index contributed by atoms with van der Waals surface area (Å²) in [6, 6.07) is 2.66. The topological polar surface area (TPSA) is 59.3 Å². The summed E-state index contributed by atoms with van der Waals surface area (Å²) in [5, 5.41) is 7.86. The maximum absolute atomic E-state index is 13.9. The number of carbonyl (C=O) groups is 1. The smallest absolute Gasteiger partial charge is 0.406 e. The van der Waals surface area contributed by atoms with E-state index in [4.69, 9.17) is 5.11 Å². The van der Waals surface area contributed by atoms with Crippen LogP contribution >= 0.6 is 0 Å². The molecule has 112 valence electrons. The van der Waals surface area contributed by atoms with E-state index in [0.717, 1.165) is 18.2 Å². The van der Waals surface area contributed by atoms with E-state index >= 15 is 0 Å². The van der Waals surface area contributed by atoms with Crippen LogP contribution in [0.3, 0.4) is 0 Å². The molecule has 0 unspecified atom stereocenters. The van der Waals surface area contributed by atoms with Gasteiger partial charge >= 0.3 is 12.1 Å². The van der Waals surface area contributed by atoms with Crippen LogP contribution in [0.2, 0.25) is 0 Å². The first-order chi connectivity index (χ1) is 9.63. The number of aromatic nitrogens is 1. The zero-order valence-corrected chi connectivity index (χ0v) is 10.0. The number of pyridine rings is 1. The Balaban J connectivity index is 2.99. The summed E-state index contributed by atoms with van der Waals surface area (Å²) in [7, 11) is 0. The Morgan fingerprint density at radius 2 is 1.86 bits per heavy atom. The summed E-state index contributed by atoms with van der Waals surface area (Å²) in [6.45, 7) is -1.89. The highest BCUT2D eigenvalue weighted by molar-refractivity contribution is 5.93. The first-order valence-electron chi connectivity index (χ1n) is 5.44. The lowest BCUT2D eigenvalue weighted by atomic mass is 10.1. The average molecular weight is 307 g/mol. The van der Waals surface area contributed by atoms with Crippen molar-refractivity contribution in [2.24, 2.45) is 0 Å². The van der Waals surface area contributed by atoms with Crippen LogP contribution in [0.15, 0.2) is 23.0 Å². The Bertz CT molecular complexity index is 794. The van der Waals surface area contributed by atoms with Gasteiger partial charge in [0.25, 0.3) is 0 Å². The minimum Gasteiger partial charge on any atom is -0.477 e. The van der Waals surface area contributed by atoms with E-state index in [1.807, 2.05) is 0 Å². The maximum atomic E-state index is 13.9. The summed E-state index contributed by atoms with van der Waals surface area (Å²) in [5.74, 6) is -5.17. The highest BCUT2D eigenvalue weighted by Crippen LogP contribution is 2.24. The molecule has 0 fully saturated rings. The number of rotatable bonds is 2. The Hall–Kier alpha value is -2.45. The molecular formula is C12H6F5NO3. The number of hydrogen-bond donors (Lipinski definition) is 1. The predicted octanol–water partition coefficient (Wildman–Crippen LogP) is 2.54. The molecule has 0 amide bonds. The summed E-state index contributed by atoms with van der Waals surface area (Å²) in [4.78, 5) is 22.6. The van der Waals surface area contributed by atoms with Gasteiger partial charge in [-0.15, -0.1) is 0 Å². The molecule has 1 heterocycles. The van der Waals surface area contributed by atoms with Gasteiger partial charge in [0.05, 0.1) is 10.9 Å². The van der Waals surface area contributed by atoms with Gasteiger partial charge in [-0.3, -0.25) is 4.79 Å². The normalized spacial score (nSPS) is 11.9. The molecular weight excluding hydrogens is 301 g/mol. The second kappa shape index (κ2) is 4.83.